The maximum Gasteiger partial charge on any atom is 0.225 e. The molecule has 0 spiro atoms. The molecule has 0 radical (unpaired) electrons. The monoisotopic (exact) mass is 287 g/mol. The minimum atomic E-state index is 0.159. The first-order chi connectivity index (χ1) is 10.3. The molecule has 1 aliphatic rings. The van der Waals surface area contributed by atoms with E-state index in [0.29, 0.717) is 25.9 Å². The minimum absolute atomic E-state index is 0.159. The van der Waals surface area contributed by atoms with Crippen LogP contribution in [0.3, 0.4) is 0 Å². The first kappa shape index (κ1) is 13.5. The third-order valence-electron chi connectivity index (χ3n) is 3.55. The molecule has 1 aliphatic heterocycles. The summed E-state index contributed by atoms with van der Waals surface area (Å²) in [5.41, 5.74) is 0.819. The Labute approximate surface area is 122 Å². The maximum absolute atomic E-state index is 12.2. The van der Waals surface area contributed by atoms with E-state index in [1.54, 1.807) is 24.7 Å². The average Bonchev–Trinajstić information content (AvgIpc) is 3.07. The average molecular weight is 287 g/mol. The van der Waals surface area contributed by atoms with E-state index in [-0.39, 0.29) is 5.91 Å². The lowest BCUT2D eigenvalue weighted by molar-refractivity contribution is -0.131. The molecule has 0 N–H and O–H groups in total. The van der Waals surface area contributed by atoms with E-state index >= 15 is 0 Å². The van der Waals surface area contributed by atoms with Gasteiger partial charge in [0.25, 0.3) is 0 Å². The van der Waals surface area contributed by atoms with Crippen molar-refractivity contribution in [2.24, 2.45) is 0 Å². The highest BCUT2D eigenvalue weighted by Gasteiger charge is 2.22. The van der Waals surface area contributed by atoms with Crippen LogP contribution in [0.1, 0.15) is 12.1 Å². The zero-order valence-corrected chi connectivity index (χ0v) is 11.7. The number of rotatable bonds is 4. The largest absolute Gasteiger partial charge is 0.451 e. The van der Waals surface area contributed by atoms with Crippen molar-refractivity contribution < 1.29 is 9.21 Å². The Kier molecular flexibility index (Phi) is 4.09. The molecular weight excluding hydrogens is 270 g/mol. The van der Waals surface area contributed by atoms with Crippen LogP contribution < -0.4 is 4.90 Å². The Morgan fingerprint density at radius 1 is 1.14 bits per heavy atom. The van der Waals surface area contributed by atoms with E-state index in [1.807, 2.05) is 4.90 Å². The molecule has 1 amide bonds. The fourth-order valence-electron chi connectivity index (χ4n) is 2.36. The van der Waals surface area contributed by atoms with Crippen molar-refractivity contribution in [3.63, 3.8) is 0 Å². The third-order valence-corrected chi connectivity index (χ3v) is 3.55. The Morgan fingerprint density at radius 3 is 2.57 bits per heavy atom. The van der Waals surface area contributed by atoms with Gasteiger partial charge in [0.15, 0.2) is 6.39 Å². The molecule has 7 nitrogen and oxygen atoms in total. The molecule has 0 atom stereocenters. The molecule has 0 aliphatic carbocycles. The molecule has 7 heteroatoms. The number of carbonyl (C=O) groups is 1. The molecule has 3 heterocycles. The van der Waals surface area contributed by atoms with Crippen molar-refractivity contribution in [2.75, 3.05) is 31.1 Å². The lowest BCUT2D eigenvalue weighted by Gasteiger charge is -2.34. The van der Waals surface area contributed by atoms with Crippen molar-refractivity contribution in [3.8, 4) is 0 Å². The molecule has 2 aromatic rings. The smallest absolute Gasteiger partial charge is 0.225 e. The lowest BCUT2D eigenvalue weighted by atomic mass is 10.2. The number of hydrogen-bond donors (Lipinski definition) is 0. The highest BCUT2D eigenvalue weighted by molar-refractivity contribution is 5.76. The van der Waals surface area contributed by atoms with Gasteiger partial charge in [-0.05, 0) is 6.07 Å². The second-order valence-electron chi connectivity index (χ2n) is 4.90. The summed E-state index contributed by atoms with van der Waals surface area (Å²) in [6.07, 6.45) is 7.53. The summed E-state index contributed by atoms with van der Waals surface area (Å²) in [5, 5.41) is 0. The van der Waals surface area contributed by atoms with Crippen LogP contribution in [0.5, 0.6) is 0 Å². The van der Waals surface area contributed by atoms with Crippen molar-refractivity contribution in [2.45, 2.75) is 12.8 Å². The van der Waals surface area contributed by atoms with Gasteiger partial charge < -0.3 is 14.2 Å². The summed E-state index contributed by atoms with van der Waals surface area (Å²) in [4.78, 5) is 28.6. The summed E-state index contributed by atoms with van der Waals surface area (Å²) in [7, 11) is 0. The molecule has 1 saturated heterocycles. The van der Waals surface area contributed by atoms with Gasteiger partial charge >= 0.3 is 0 Å². The first-order valence-corrected chi connectivity index (χ1v) is 7.00. The second-order valence-corrected chi connectivity index (χ2v) is 4.90. The lowest BCUT2D eigenvalue weighted by Crippen LogP contribution is -2.49. The molecule has 2 aromatic heterocycles. The minimum Gasteiger partial charge on any atom is -0.451 e. The Morgan fingerprint density at radius 2 is 1.90 bits per heavy atom. The predicted octanol–water partition coefficient (Wildman–Crippen LogP) is 0.746. The van der Waals surface area contributed by atoms with E-state index in [9.17, 15) is 4.79 Å². The van der Waals surface area contributed by atoms with Gasteiger partial charge in [-0.1, -0.05) is 0 Å². The predicted molar refractivity (Wildman–Crippen MR) is 75.6 cm³/mol. The van der Waals surface area contributed by atoms with Gasteiger partial charge in [-0.3, -0.25) is 4.79 Å². The van der Waals surface area contributed by atoms with Gasteiger partial charge in [0.2, 0.25) is 11.9 Å². The van der Waals surface area contributed by atoms with Crippen molar-refractivity contribution in [1.29, 1.82) is 0 Å². The van der Waals surface area contributed by atoms with Gasteiger partial charge in [-0.15, -0.1) is 0 Å². The van der Waals surface area contributed by atoms with Crippen LogP contribution in [0.4, 0.5) is 5.95 Å². The maximum atomic E-state index is 12.2. The number of oxazole rings is 1. The van der Waals surface area contributed by atoms with Gasteiger partial charge in [-0.2, -0.15) is 0 Å². The first-order valence-electron chi connectivity index (χ1n) is 7.00. The molecule has 3 rings (SSSR count). The topological polar surface area (TPSA) is 75.4 Å². The summed E-state index contributed by atoms with van der Waals surface area (Å²) >= 11 is 0. The van der Waals surface area contributed by atoms with E-state index < -0.39 is 0 Å². The van der Waals surface area contributed by atoms with E-state index in [0.717, 1.165) is 24.7 Å². The van der Waals surface area contributed by atoms with Crippen LogP contribution in [0.25, 0.3) is 0 Å². The van der Waals surface area contributed by atoms with Crippen molar-refractivity contribution in [1.82, 2.24) is 19.9 Å². The molecular formula is C14H17N5O2. The summed E-state index contributed by atoms with van der Waals surface area (Å²) in [6.45, 7) is 2.94. The summed E-state index contributed by atoms with van der Waals surface area (Å²) in [6, 6.07) is 1.80. The van der Waals surface area contributed by atoms with Crippen molar-refractivity contribution in [3.05, 3.63) is 36.8 Å². The molecule has 0 unspecified atom stereocenters. The standard InChI is InChI=1S/C14H17N5O2/c20-13(3-2-12-10-21-11-17-12)18-6-8-19(9-7-18)14-15-4-1-5-16-14/h1,4-5,10-11H,2-3,6-9H2. The number of piperazine rings is 1. The molecule has 110 valence electrons. The number of hydrogen-bond acceptors (Lipinski definition) is 6. The number of amides is 1. The summed E-state index contributed by atoms with van der Waals surface area (Å²) < 4.78 is 4.90. The van der Waals surface area contributed by atoms with E-state index in [4.69, 9.17) is 4.42 Å². The zero-order valence-electron chi connectivity index (χ0n) is 11.7. The van der Waals surface area contributed by atoms with Gasteiger partial charge in [0.05, 0.1) is 5.69 Å². The van der Waals surface area contributed by atoms with Crippen LogP contribution in [-0.4, -0.2) is 51.9 Å². The summed E-state index contributed by atoms with van der Waals surface area (Å²) in [5.74, 6) is 0.888. The Balaban J connectivity index is 1.48. The highest BCUT2D eigenvalue weighted by atomic mass is 16.3. The fraction of sp³-hybridized carbons (Fsp3) is 0.429. The number of nitrogens with zero attached hydrogens (tertiary/aromatic N) is 5. The third kappa shape index (κ3) is 3.36. The van der Waals surface area contributed by atoms with Crippen molar-refractivity contribution >= 4 is 11.9 Å². The van der Waals surface area contributed by atoms with Gasteiger partial charge in [0.1, 0.15) is 6.26 Å². The quantitative estimate of drug-likeness (QED) is 0.826. The Hall–Kier alpha value is -2.44. The van der Waals surface area contributed by atoms with Crippen LogP contribution >= 0.6 is 0 Å². The van der Waals surface area contributed by atoms with Crippen LogP contribution in [0.2, 0.25) is 0 Å². The van der Waals surface area contributed by atoms with Gasteiger partial charge in [-0.25, -0.2) is 15.0 Å². The molecule has 1 fully saturated rings. The number of carbonyl (C=O) groups excluding carboxylic acids is 1. The van der Waals surface area contributed by atoms with Crippen LogP contribution in [0, 0.1) is 0 Å². The Bertz CT molecular complexity index is 564. The zero-order chi connectivity index (χ0) is 14.5. The number of aromatic nitrogens is 3. The molecule has 0 saturated carbocycles. The number of anilines is 1. The molecule has 0 bridgehead atoms. The SMILES string of the molecule is O=C(CCc1cocn1)N1CCN(c2ncccn2)CC1. The fourth-order valence-corrected chi connectivity index (χ4v) is 2.36. The number of aryl methyl sites for hydroxylation is 1. The normalized spacial score (nSPS) is 15.2. The highest BCUT2D eigenvalue weighted by Crippen LogP contribution is 2.11. The van der Waals surface area contributed by atoms with E-state index in [2.05, 4.69) is 19.9 Å². The van der Waals surface area contributed by atoms with E-state index in [1.165, 1.54) is 6.39 Å². The second kappa shape index (κ2) is 6.34. The molecule has 21 heavy (non-hydrogen) atoms. The van der Waals surface area contributed by atoms with Crippen LogP contribution in [0.15, 0.2) is 35.5 Å². The molecule has 0 aromatic carbocycles. The van der Waals surface area contributed by atoms with Gasteiger partial charge in [0, 0.05) is 51.4 Å². The van der Waals surface area contributed by atoms with Crippen LogP contribution in [-0.2, 0) is 11.2 Å².